The van der Waals surface area contributed by atoms with Gasteiger partial charge in [0.05, 0.1) is 0 Å². The van der Waals surface area contributed by atoms with Gasteiger partial charge in [-0.25, -0.2) is 9.18 Å². The van der Waals surface area contributed by atoms with E-state index in [0.717, 1.165) is 11.1 Å². The van der Waals surface area contributed by atoms with E-state index in [0.29, 0.717) is 18.1 Å². The van der Waals surface area contributed by atoms with Gasteiger partial charge in [0.15, 0.2) is 0 Å². The van der Waals surface area contributed by atoms with Gasteiger partial charge in [-0.15, -0.1) is 0 Å². The Morgan fingerprint density at radius 3 is 1.85 bits per heavy atom. The predicted molar refractivity (Wildman–Crippen MR) is 76.9 cm³/mol. The number of carbonyl (C=O) groups excluding carboxylic acids is 1. The Kier molecular flexibility index (Phi) is 4.96. The summed E-state index contributed by atoms with van der Waals surface area (Å²) in [6.07, 6.45) is 0. The number of halogens is 2. The maximum absolute atomic E-state index is 12.7. The summed E-state index contributed by atoms with van der Waals surface area (Å²) < 4.78 is 12.7. The molecular formula is C15H14ClFN2O. The van der Waals surface area contributed by atoms with Gasteiger partial charge in [-0.05, 0) is 35.4 Å². The van der Waals surface area contributed by atoms with Crippen molar-refractivity contribution < 1.29 is 9.18 Å². The molecule has 0 saturated heterocycles. The average molecular weight is 293 g/mol. The lowest BCUT2D eigenvalue weighted by molar-refractivity contribution is 0.240. The SMILES string of the molecule is O=C(NCc1ccc(F)cc1)NCc1ccc(Cl)cc1. The van der Waals surface area contributed by atoms with Gasteiger partial charge in [0.1, 0.15) is 5.82 Å². The van der Waals surface area contributed by atoms with Crippen molar-refractivity contribution in [2.45, 2.75) is 13.1 Å². The zero-order valence-corrected chi connectivity index (χ0v) is 11.5. The molecule has 0 saturated carbocycles. The zero-order valence-electron chi connectivity index (χ0n) is 10.7. The number of hydrogen-bond donors (Lipinski definition) is 2. The first-order valence-corrected chi connectivity index (χ1v) is 6.52. The van der Waals surface area contributed by atoms with Crippen LogP contribution < -0.4 is 10.6 Å². The summed E-state index contributed by atoms with van der Waals surface area (Å²) >= 11 is 5.78. The van der Waals surface area contributed by atoms with Crippen molar-refractivity contribution in [2.75, 3.05) is 0 Å². The Hall–Kier alpha value is -2.07. The van der Waals surface area contributed by atoms with E-state index in [4.69, 9.17) is 11.6 Å². The van der Waals surface area contributed by atoms with Gasteiger partial charge in [0.2, 0.25) is 0 Å². The Bertz CT molecular complexity index is 518. The number of nitrogens with one attached hydrogen (secondary N) is 2. The zero-order chi connectivity index (χ0) is 14.4. The number of amides is 2. The normalized spacial score (nSPS) is 10.1. The first-order chi connectivity index (χ1) is 9.63. The van der Waals surface area contributed by atoms with E-state index in [1.807, 2.05) is 12.1 Å². The van der Waals surface area contributed by atoms with Gasteiger partial charge in [0, 0.05) is 18.1 Å². The fraction of sp³-hybridized carbons (Fsp3) is 0.133. The molecule has 0 fully saturated rings. The lowest BCUT2D eigenvalue weighted by atomic mass is 10.2. The summed E-state index contributed by atoms with van der Waals surface area (Å²) in [7, 11) is 0. The van der Waals surface area contributed by atoms with E-state index in [1.54, 1.807) is 24.3 Å². The van der Waals surface area contributed by atoms with Crippen LogP contribution in [0.4, 0.5) is 9.18 Å². The van der Waals surface area contributed by atoms with Crippen molar-refractivity contribution in [1.82, 2.24) is 10.6 Å². The van der Waals surface area contributed by atoms with Gasteiger partial charge in [-0.1, -0.05) is 35.9 Å². The highest BCUT2D eigenvalue weighted by Gasteiger charge is 2.01. The molecule has 0 bridgehead atoms. The van der Waals surface area contributed by atoms with Crippen molar-refractivity contribution in [3.05, 3.63) is 70.5 Å². The number of carbonyl (C=O) groups is 1. The molecule has 0 heterocycles. The van der Waals surface area contributed by atoms with E-state index in [-0.39, 0.29) is 11.8 Å². The molecule has 0 atom stereocenters. The van der Waals surface area contributed by atoms with Crippen LogP contribution >= 0.6 is 11.6 Å². The molecule has 104 valence electrons. The first kappa shape index (κ1) is 14.3. The number of urea groups is 1. The van der Waals surface area contributed by atoms with Crippen molar-refractivity contribution in [3.8, 4) is 0 Å². The quantitative estimate of drug-likeness (QED) is 0.890. The van der Waals surface area contributed by atoms with Crippen LogP contribution in [-0.2, 0) is 13.1 Å². The van der Waals surface area contributed by atoms with Crippen LogP contribution in [0.25, 0.3) is 0 Å². The number of benzene rings is 2. The predicted octanol–water partition coefficient (Wildman–Crippen LogP) is 3.48. The van der Waals surface area contributed by atoms with Crippen LogP contribution in [-0.4, -0.2) is 6.03 Å². The second kappa shape index (κ2) is 6.91. The molecule has 0 aliphatic carbocycles. The molecule has 5 heteroatoms. The van der Waals surface area contributed by atoms with E-state index < -0.39 is 0 Å². The summed E-state index contributed by atoms with van der Waals surface area (Å²) in [4.78, 5) is 11.6. The molecule has 0 aliphatic rings. The maximum Gasteiger partial charge on any atom is 0.315 e. The number of rotatable bonds is 4. The summed E-state index contributed by atoms with van der Waals surface area (Å²) in [5, 5.41) is 6.10. The molecule has 0 radical (unpaired) electrons. The Balaban J connectivity index is 1.75. The van der Waals surface area contributed by atoms with E-state index in [9.17, 15) is 9.18 Å². The maximum atomic E-state index is 12.7. The van der Waals surface area contributed by atoms with Gasteiger partial charge in [0.25, 0.3) is 0 Å². The monoisotopic (exact) mass is 292 g/mol. The molecule has 0 unspecified atom stereocenters. The molecule has 2 amide bonds. The summed E-state index contributed by atoms with van der Waals surface area (Å²) in [5.41, 5.74) is 1.80. The summed E-state index contributed by atoms with van der Waals surface area (Å²) in [6, 6.07) is 13.0. The standard InChI is InChI=1S/C15H14ClFN2O/c16-13-5-1-11(2-6-13)9-18-15(20)19-10-12-3-7-14(17)8-4-12/h1-8H,9-10H2,(H2,18,19,20). The minimum Gasteiger partial charge on any atom is -0.334 e. The molecule has 0 spiro atoms. The molecule has 20 heavy (non-hydrogen) atoms. The highest BCUT2D eigenvalue weighted by Crippen LogP contribution is 2.09. The Morgan fingerprint density at radius 1 is 0.900 bits per heavy atom. The molecule has 0 aromatic heterocycles. The van der Waals surface area contributed by atoms with Crippen LogP contribution in [0, 0.1) is 5.82 Å². The van der Waals surface area contributed by atoms with Crippen molar-refractivity contribution >= 4 is 17.6 Å². The fourth-order valence-electron chi connectivity index (χ4n) is 1.63. The van der Waals surface area contributed by atoms with E-state index in [2.05, 4.69) is 10.6 Å². The topological polar surface area (TPSA) is 41.1 Å². The minimum atomic E-state index is -0.291. The van der Waals surface area contributed by atoms with Crippen LogP contribution in [0.2, 0.25) is 5.02 Å². The minimum absolute atomic E-state index is 0.274. The largest absolute Gasteiger partial charge is 0.334 e. The lowest BCUT2D eigenvalue weighted by Crippen LogP contribution is -2.34. The molecule has 3 nitrogen and oxygen atoms in total. The average Bonchev–Trinajstić information content (AvgIpc) is 2.46. The molecule has 0 aliphatic heterocycles. The highest BCUT2D eigenvalue weighted by molar-refractivity contribution is 6.30. The first-order valence-electron chi connectivity index (χ1n) is 6.14. The molecule has 2 aromatic carbocycles. The van der Waals surface area contributed by atoms with Crippen molar-refractivity contribution in [3.63, 3.8) is 0 Å². The Labute approximate surface area is 121 Å². The fourth-order valence-corrected chi connectivity index (χ4v) is 1.76. The molecule has 2 rings (SSSR count). The third kappa shape index (κ3) is 4.55. The van der Waals surface area contributed by atoms with Gasteiger partial charge in [-0.2, -0.15) is 0 Å². The second-order valence-electron chi connectivity index (χ2n) is 4.29. The van der Waals surface area contributed by atoms with Crippen LogP contribution in [0.1, 0.15) is 11.1 Å². The molecular weight excluding hydrogens is 279 g/mol. The molecule has 2 aromatic rings. The van der Waals surface area contributed by atoms with Crippen molar-refractivity contribution in [2.24, 2.45) is 0 Å². The van der Waals surface area contributed by atoms with E-state index in [1.165, 1.54) is 12.1 Å². The van der Waals surface area contributed by atoms with E-state index >= 15 is 0 Å². The molecule has 2 N–H and O–H groups in total. The summed E-state index contributed by atoms with van der Waals surface area (Å²) in [6.45, 7) is 0.777. The van der Waals surface area contributed by atoms with Crippen molar-refractivity contribution in [1.29, 1.82) is 0 Å². The van der Waals surface area contributed by atoms with Gasteiger partial charge in [-0.3, -0.25) is 0 Å². The third-order valence-corrected chi connectivity index (χ3v) is 2.98. The van der Waals surface area contributed by atoms with Crippen LogP contribution in [0.3, 0.4) is 0 Å². The number of hydrogen-bond acceptors (Lipinski definition) is 1. The summed E-state index contributed by atoms with van der Waals surface area (Å²) in [5.74, 6) is -0.291. The van der Waals surface area contributed by atoms with Gasteiger partial charge < -0.3 is 10.6 Å². The third-order valence-electron chi connectivity index (χ3n) is 2.73. The lowest BCUT2D eigenvalue weighted by Gasteiger charge is -2.08. The van der Waals surface area contributed by atoms with Gasteiger partial charge >= 0.3 is 6.03 Å². The van der Waals surface area contributed by atoms with Crippen LogP contribution in [0.15, 0.2) is 48.5 Å². The second-order valence-corrected chi connectivity index (χ2v) is 4.73. The highest BCUT2D eigenvalue weighted by atomic mass is 35.5. The smallest absolute Gasteiger partial charge is 0.315 e. The Morgan fingerprint density at radius 2 is 1.35 bits per heavy atom. The van der Waals surface area contributed by atoms with Crippen LogP contribution in [0.5, 0.6) is 0 Å².